The van der Waals surface area contributed by atoms with Gasteiger partial charge in [0.1, 0.15) is 22.7 Å². The van der Waals surface area contributed by atoms with Crippen molar-refractivity contribution in [3.8, 4) is 11.5 Å². The predicted molar refractivity (Wildman–Crippen MR) is 122 cm³/mol. The number of hydrogen-bond acceptors (Lipinski definition) is 5. The van der Waals surface area contributed by atoms with Gasteiger partial charge in [-0.05, 0) is 72.2 Å². The first-order valence-corrected chi connectivity index (χ1v) is 9.98. The lowest BCUT2D eigenvalue weighted by Gasteiger charge is -2.23. The number of ether oxygens (including phenoxy) is 2. The molecule has 0 aliphatic rings. The lowest BCUT2D eigenvalue weighted by Crippen LogP contribution is -2.23. The van der Waals surface area contributed by atoms with Crippen LogP contribution in [-0.2, 0) is 6.42 Å². The molecule has 30 heavy (non-hydrogen) atoms. The predicted octanol–water partition coefficient (Wildman–Crippen LogP) is 5.48. The quantitative estimate of drug-likeness (QED) is 0.500. The fourth-order valence-electron chi connectivity index (χ4n) is 2.48. The monoisotopic (exact) mass is 414 g/mol. The van der Waals surface area contributed by atoms with Crippen LogP contribution in [0, 0.1) is 10.1 Å². The van der Waals surface area contributed by atoms with Crippen molar-refractivity contribution in [1.29, 1.82) is 0 Å². The van der Waals surface area contributed by atoms with E-state index in [9.17, 15) is 10.1 Å². The van der Waals surface area contributed by atoms with Crippen LogP contribution < -0.4 is 15.2 Å². The summed E-state index contributed by atoms with van der Waals surface area (Å²) < 4.78 is 11.5. The van der Waals surface area contributed by atoms with Crippen molar-refractivity contribution in [1.82, 2.24) is 0 Å². The maximum atomic E-state index is 10.2. The SMILES string of the molecule is CC(C)(C)Oc1ccccc1/C=C/[N+](=O)[O-].CC(C)(C)Oc1ccccc1CCN. The van der Waals surface area contributed by atoms with Crippen LogP contribution in [0.5, 0.6) is 11.5 Å². The largest absolute Gasteiger partial charge is 0.488 e. The Morgan fingerprint density at radius 1 is 0.900 bits per heavy atom. The fourth-order valence-corrected chi connectivity index (χ4v) is 2.48. The molecule has 0 fully saturated rings. The summed E-state index contributed by atoms with van der Waals surface area (Å²) >= 11 is 0. The Hall–Kier alpha value is -2.86. The van der Waals surface area contributed by atoms with E-state index in [1.165, 1.54) is 11.6 Å². The Labute approximate surface area is 179 Å². The topological polar surface area (TPSA) is 87.6 Å². The molecule has 0 aromatic heterocycles. The van der Waals surface area contributed by atoms with Gasteiger partial charge in [-0.3, -0.25) is 10.1 Å². The summed E-state index contributed by atoms with van der Waals surface area (Å²) in [4.78, 5) is 9.75. The van der Waals surface area contributed by atoms with Crippen molar-refractivity contribution in [3.05, 3.63) is 76.0 Å². The van der Waals surface area contributed by atoms with E-state index >= 15 is 0 Å². The fraction of sp³-hybridized carbons (Fsp3) is 0.417. The molecule has 0 saturated heterocycles. The Kier molecular flexibility index (Phi) is 9.53. The van der Waals surface area contributed by atoms with E-state index in [1.807, 2.05) is 71.9 Å². The molecule has 164 valence electrons. The van der Waals surface area contributed by atoms with E-state index in [0.717, 1.165) is 18.4 Å². The Morgan fingerprint density at radius 3 is 1.93 bits per heavy atom. The molecule has 0 heterocycles. The van der Waals surface area contributed by atoms with Gasteiger partial charge in [0, 0.05) is 11.6 Å². The summed E-state index contributed by atoms with van der Waals surface area (Å²) in [6.45, 7) is 12.6. The first kappa shape index (κ1) is 25.2. The highest BCUT2D eigenvalue weighted by atomic mass is 16.6. The van der Waals surface area contributed by atoms with E-state index in [1.54, 1.807) is 12.1 Å². The van der Waals surface area contributed by atoms with Crippen LogP contribution >= 0.6 is 0 Å². The van der Waals surface area contributed by atoms with E-state index in [-0.39, 0.29) is 11.2 Å². The molecule has 0 saturated carbocycles. The number of nitro groups is 1. The Bertz CT molecular complexity index is 834. The second-order valence-electron chi connectivity index (χ2n) is 8.71. The average molecular weight is 415 g/mol. The van der Waals surface area contributed by atoms with Crippen LogP contribution in [0.15, 0.2) is 54.7 Å². The summed E-state index contributed by atoms with van der Waals surface area (Å²) in [5.74, 6) is 1.60. The number of rotatable bonds is 6. The highest BCUT2D eigenvalue weighted by Crippen LogP contribution is 2.24. The third kappa shape index (κ3) is 10.6. The molecular formula is C24H34N2O4. The van der Waals surface area contributed by atoms with Crippen molar-refractivity contribution in [2.75, 3.05) is 6.54 Å². The van der Waals surface area contributed by atoms with Crippen LogP contribution in [-0.4, -0.2) is 22.7 Å². The van der Waals surface area contributed by atoms with Crippen molar-refractivity contribution < 1.29 is 14.4 Å². The second kappa shape index (κ2) is 11.4. The van der Waals surface area contributed by atoms with Gasteiger partial charge < -0.3 is 15.2 Å². The van der Waals surface area contributed by atoms with Gasteiger partial charge in [-0.2, -0.15) is 0 Å². The van der Waals surface area contributed by atoms with Gasteiger partial charge in [0.15, 0.2) is 0 Å². The van der Waals surface area contributed by atoms with Crippen LogP contribution in [0.4, 0.5) is 0 Å². The van der Waals surface area contributed by atoms with Crippen molar-refractivity contribution >= 4 is 6.08 Å². The van der Waals surface area contributed by atoms with E-state index in [4.69, 9.17) is 15.2 Å². The highest BCUT2D eigenvalue weighted by molar-refractivity contribution is 5.56. The zero-order chi connectivity index (χ0) is 22.8. The van der Waals surface area contributed by atoms with Gasteiger partial charge in [-0.25, -0.2) is 0 Å². The molecule has 0 aliphatic heterocycles. The normalized spacial score (nSPS) is 11.6. The lowest BCUT2D eigenvalue weighted by molar-refractivity contribution is -0.400. The molecule has 6 nitrogen and oxygen atoms in total. The first-order chi connectivity index (χ1) is 13.9. The minimum Gasteiger partial charge on any atom is -0.488 e. The Morgan fingerprint density at radius 2 is 1.40 bits per heavy atom. The molecule has 0 atom stereocenters. The first-order valence-electron chi connectivity index (χ1n) is 9.98. The summed E-state index contributed by atoms with van der Waals surface area (Å²) in [7, 11) is 0. The molecule has 2 rings (SSSR count). The summed E-state index contributed by atoms with van der Waals surface area (Å²) in [6, 6.07) is 15.3. The summed E-state index contributed by atoms with van der Waals surface area (Å²) in [5, 5.41) is 10.2. The highest BCUT2D eigenvalue weighted by Gasteiger charge is 2.14. The zero-order valence-electron chi connectivity index (χ0n) is 18.8. The molecule has 0 bridgehead atoms. The lowest BCUT2D eigenvalue weighted by atomic mass is 10.1. The molecule has 0 unspecified atom stereocenters. The van der Waals surface area contributed by atoms with E-state index < -0.39 is 4.92 Å². The third-order valence-electron chi connectivity index (χ3n) is 3.51. The molecule has 2 aromatic rings. The summed E-state index contributed by atoms with van der Waals surface area (Å²) in [5.41, 5.74) is 6.96. The smallest absolute Gasteiger partial charge is 0.235 e. The van der Waals surface area contributed by atoms with E-state index in [2.05, 4.69) is 6.07 Å². The molecule has 0 aliphatic carbocycles. The number of benzene rings is 2. The van der Waals surface area contributed by atoms with Gasteiger partial charge in [0.05, 0.1) is 4.92 Å². The van der Waals surface area contributed by atoms with Crippen molar-refractivity contribution in [3.63, 3.8) is 0 Å². The maximum absolute atomic E-state index is 10.2. The average Bonchev–Trinajstić information content (AvgIpc) is 2.61. The van der Waals surface area contributed by atoms with Gasteiger partial charge in [-0.15, -0.1) is 0 Å². The summed E-state index contributed by atoms with van der Waals surface area (Å²) in [6.07, 6.45) is 3.21. The van der Waals surface area contributed by atoms with Crippen LogP contribution in [0.25, 0.3) is 6.08 Å². The molecule has 0 radical (unpaired) electrons. The molecule has 0 spiro atoms. The van der Waals surface area contributed by atoms with Gasteiger partial charge >= 0.3 is 0 Å². The van der Waals surface area contributed by atoms with Gasteiger partial charge in [-0.1, -0.05) is 36.4 Å². The van der Waals surface area contributed by atoms with E-state index in [0.29, 0.717) is 17.9 Å². The number of para-hydroxylation sites is 2. The maximum Gasteiger partial charge on any atom is 0.235 e. The number of nitrogens with zero attached hydrogens (tertiary/aromatic N) is 1. The minimum atomic E-state index is -0.492. The van der Waals surface area contributed by atoms with Crippen molar-refractivity contribution in [2.45, 2.75) is 59.2 Å². The van der Waals surface area contributed by atoms with Crippen LogP contribution in [0.3, 0.4) is 0 Å². The van der Waals surface area contributed by atoms with Crippen LogP contribution in [0.2, 0.25) is 0 Å². The Balaban J connectivity index is 0.000000303. The standard InChI is InChI=1S/C12H15NO3.C12H19NO/c1-12(2,3)16-11-7-5-4-6-10(11)8-9-13(14)15;1-12(2,3)14-11-7-5-4-6-10(11)8-9-13/h4-9H,1-3H3;4-7H,8-9,13H2,1-3H3/b9-8+;. The van der Waals surface area contributed by atoms with Gasteiger partial charge in [0.2, 0.25) is 6.20 Å². The molecule has 2 aromatic carbocycles. The van der Waals surface area contributed by atoms with Crippen LogP contribution in [0.1, 0.15) is 52.7 Å². The van der Waals surface area contributed by atoms with Gasteiger partial charge in [0.25, 0.3) is 0 Å². The number of nitrogens with two attached hydrogens (primary N) is 1. The second-order valence-corrected chi connectivity index (χ2v) is 8.71. The molecule has 0 amide bonds. The number of hydrogen-bond donors (Lipinski definition) is 1. The minimum absolute atomic E-state index is 0.148. The molecular weight excluding hydrogens is 380 g/mol. The molecule has 2 N–H and O–H groups in total. The third-order valence-corrected chi connectivity index (χ3v) is 3.51. The zero-order valence-corrected chi connectivity index (χ0v) is 18.8. The van der Waals surface area contributed by atoms with Crippen molar-refractivity contribution in [2.24, 2.45) is 5.73 Å². The molecule has 6 heteroatoms.